The number of carboxylic acids is 1. The Hall–Kier alpha value is -2.08. The van der Waals surface area contributed by atoms with Crippen molar-refractivity contribution < 1.29 is 19.4 Å². The standard InChI is InChI=1S/C14H20N2O4/c1-14(2,3)20-13(19)16-8-9-5-4-6-10(7-9)11(15)12(17)18/h4-7,11H,8,15H2,1-3H3,(H,16,19)(H,17,18). The normalized spacial score (nSPS) is 12.6. The molecule has 1 aromatic rings. The first-order valence-electron chi connectivity index (χ1n) is 6.23. The molecule has 1 atom stereocenters. The topological polar surface area (TPSA) is 102 Å². The van der Waals surface area contributed by atoms with Crippen molar-refractivity contribution in [3.8, 4) is 0 Å². The molecule has 110 valence electrons. The van der Waals surface area contributed by atoms with E-state index in [-0.39, 0.29) is 6.54 Å². The van der Waals surface area contributed by atoms with Gasteiger partial charge in [-0.3, -0.25) is 4.79 Å². The SMILES string of the molecule is CC(C)(C)OC(=O)NCc1cccc(C(N)C(=O)O)c1. The van der Waals surface area contributed by atoms with Gasteiger partial charge in [0, 0.05) is 6.54 Å². The average Bonchev–Trinajstić information content (AvgIpc) is 2.33. The maximum absolute atomic E-state index is 11.5. The van der Waals surface area contributed by atoms with E-state index in [4.69, 9.17) is 15.6 Å². The molecule has 20 heavy (non-hydrogen) atoms. The van der Waals surface area contributed by atoms with Gasteiger partial charge in [0.1, 0.15) is 11.6 Å². The highest BCUT2D eigenvalue weighted by Crippen LogP contribution is 2.13. The van der Waals surface area contributed by atoms with Gasteiger partial charge in [0.05, 0.1) is 0 Å². The zero-order valence-corrected chi connectivity index (χ0v) is 11.8. The molecule has 0 radical (unpaired) electrons. The number of hydrogen-bond donors (Lipinski definition) is 3. The Morgan fingerprint density at radius 2 is 2.05 bits per heavy atom. The molecule has 0 aliphatic heterocycles. The molecular formula is C14H20N2O4. The maximum atomic E-state index is 11.5. The number of carbonyl (C=O) groups excluding carboxylic acids is 1. The van der Waals surface area contributed by atoms with Gasteiger partial charge in [0.25, 0.3) is 0 Å². The summed E-state index contributed by atoms with van der Waals surface area (Å²) in [4.78, 5) is 22.3. The van der Waals surface area contributed by atoms with Crippen LogP contribution in [0.4, 0.5) is 4.79 Å². The van der Waals surface area contributed by atoms with Gasteiger partial charge in [-0.25, -0.2) is 4.79 Å². The number of amides is 1. The van der Waals surface area contributed by atoms with E-state index in [0.29, 0.717) is 5.56 Å². The summed E-state index contributed by atoms with van der Waals surface area (Å²) in [5.41, 5.74) is 6.22. The fourth-order valence-corrected chi connectivity index (χ4v) is 1.53. The van der Waals surface area contributed by atoms with Crippen LogP contribution in [-0.4, -0.2) is 22.8 Å². The molecule has 6 nitrogen and oxygen atoms in total. The number of rotatable bonds is 4. The van der Waals surface area contributed by atoms with Crippen LogP contribution < -0.4 is 11.1 Å². The second kappa shape index (κ2) is 6.38. The molecule has 0 spiro atoms. The quantitative estimate of drug-likeness (QED) is 0.780. The second-order valence-corrected chi connectivity index (χ2v) is 5.42. The highest BCUT2D eigenvalue weighted by molar-refractivity contribution is 5.75. The predicted octanol–water partition coefficient (Wildman–Crippen LogP) is 1.80. The number of benzene rings is 1. The summed E-state index contributed by atoms with van der Waals surface area (Å²) in [6, 6.07) is 5.68. The van der Waals surface area contributed by atoms with E-state index < -0.39 is 23.7 Å². The molecule has 1 amide bonds. The van der Waals surface area contributed by atoms with Crippen molar-refractivity contribution in [1.82, 2.24) is 5.32 Å². The lowest BCUT2D eigenvalue weighted by molar-refractivity contribution is -0.138. The molecular weight excluding hydrogens is 260 g/mol. The number of ether oxygens (including phenoxy) is 1. The third-order valence-electron chi connectivity index (χ3n) is 2.41. The van der Waals surface area contributed by atoms with Gasteiger partial charge in [-0.05, 0) is 31.9 Å². The average molecular weight is 280 g/mol. The lowest BCUT2D eigenvalue weighted by Gasteiger charge is -2.19. The number of hydrogen-bond acceptors (Lipinski definition) is 4. The van der Waals surface area contributed by atoms with E-state index >= 15 is 0 Å². The number of aliphatic carboxylic acids is 1. The van der Waals surface area contributed by atoms with Crippen LogP contribution in [-0.2, 0) is 16.1 Å². The third-order valence-corrected chi connectivity index (χ3v) is 2.41. The summed E-state index contributed by atoms with van der Waals surface area (Å²) in [6.45, 7) is 5.58. The molecule has 1 rings (SSSR count). The van der Waals surface area contributed by atoms with Crippen molar-refractivity contribution in [3.05, 3.63) is 35.4 Å². The maximum Gasteiger partial charge on any atom is 0.407 e. The Morgan fingerprint density at radius 3 is 2.60 bits per heavy atom. The molecule has 0 heterocycles. The molecule has 1 unspecified atom stereocenters. The summed E-state index contributed by atoms with van der Waals surface area (Å²) in [7, 11) is 0. The van der Waals surface area contributed by atoms with Crippen LogP contribution in [0.5, 0.6) is 0 Å². The predicted molar refractivity (Wildman–Crippen MR) is 74.1 cm³/mol. The van der Waals surface area contributed by atoms with Gasteiger partial charge in [-0.1, -0.05) is 24.3 Å². The van der Waals surface area contributed by atoms with Crippen LogP contribution in [0, 0.1) is 0 Å². The minimum absolute atomic E-state index is 0.245. The largest absolute Gasteiger partial charge is 0.480 e. The first-order chi connectivity index (χ1) is 9.19. The zero-order valence-electron chi connectivity index (χ0n) is 11.8. The lowest BCUT2D eigenvalue weighted by Crippen LogP contribution is -2.32. The van der Waals surface area contributed by atoms with Crippen molar-refractivity contribution >= 4 is 12.1 Å². The van der Waals surface area contributed by atoms with Crippen molar-refractivity contribution in [1.29, 1.82) is 0 Å². The Kier molecular flexibility index (Phi) is 5.10. The first-order valence-corrected chi connectivity index (χ1v) is 6.23. The Balaban J connectivity index is 2.63. The monoisotopic (exact) mass is 280 g/mol. The number of carboxylic acid groups (broad SMARTS) is 1. The smallest absolute Gasteiger partial charge is 0.407 e. The Morgan fingerprint density at radius 1 is 1.40 bits per heavy atom. The van der Waals surface area contributed by atoms with E-state index in [9.17, 15) is 9.59 Å². The summed E-state index contributed by atoms with van der Waals surface area (Å²) in [5.74, 6) is -1.10. The lowest BCUT2D eigenvalue weighted by atomic mass is 10.0. The molecule has 6 heteroatoms. The molecule has 0 fully saturated rings. The van der Waals surface area contributed by atoms with Gasteiger partial charge in [0.15, 0.2) is 0 Å². The van der Waals surface area contributed by atoms with E-state index in [2.05, 4.69) is 5.32 Å². The van der Waals surface area contributed by atoms with Crippen LogP contribution in [0.25, 0.3) is 0 Å². The summed E-state index contributed by atoms with van der Waals surface area (Å²) in [6.07, 6.45) is -0.523. The molecule has 0 saturated carbocycles. The summed E-state index contributed by atoms with van der Waals surface area (Å²) in [5, 5.41) is 11.5. The molecule has 0 saturated heterocycles. The van der Waals surface area contributed by atoms with Crippen molar-refractivity contribution in [3.63, 3.8) is 0 Å². The fourth-order valence-electron chi connectivity index (χ4n) is 1.53. The molecule has 0 aromatic heterocycles. The van der Waals surface area contributed by atoms with Crippen LogP contribution in [0.2, 0.25) is 0 Å². The van der Waals surface area contributed by atoms with Gasteiger partial charge < -0.3 is 20.9 Å². The van der Waals surface area contributed by atoms with Crippen LogP contribution >= 0.6 is 0 Å². The number of carbonyl (C=O) groups is 2. The van der Waals surface area contributed by atoms with E-state index in [0.717, 1.165) is 5.56 Å². The molecule has 0 aliphatic rings. The van der Waals surface area contributed by atoms with E-state index in [1.165, 1.54) is 0 Å². The summed E-state index contributed by atoms with van der Waals surface area (Å²) >= 11 is 0. The first kappa shape index (κ1) is 16.0. The fraction of sp³-hybridized carbons (Fsp3) is 0.429. The number of alkyl carbamates (subject to hydrolysis) is 1. The number of nitrogens with one attached hydrogen (secondary N) is 1. The van der Waals surface area contributed by atoms with E-state index in [1.807, 2.05) is 0 Å². The molecule has 0 bridgehead atoms. The Bertz CT molecular complexity index is 494. The summed E-state index contributed by atoms with van der Waals surface area (Å²) < 4.78 is 5.11. The molecule has 4 N–H and O–H groups in total. The van der Waals surface area contributed by atoms with Crippen LogP contribution in [0.3, 0.4) is 0 Å². The Labute approximate surface area is 117 Å². The highest BCUT2D eigenvalue weighted by Gasteiger charge is 2.16. The van der Waals surface area contributed by atoms with Crippen LogP contribution in [0.1, 0.15) is 37.9 Å². The van der Waals surface area contributed by atoms with Crippen molar-refractivity contribution in [2.75, 3.05) is 0 Å². The van der Waals surface area contributed by atoms with Crippen LogP contribution in [0.15, 0.2) is 24.3 Å². The van der Waals surface area contributed by atoms with Gasteiger partial charge in [-0.2, -0.15) is 0 Å². The van der Waals surface area contributed by atoms with Gasteiger partial charge in [0.2, 0.25) is 0 Å². The molecule has 0 aliphatic carbocycles. The zero-order chi connectivity index (χ0) is 15.3. The minimum Gasteiger partial charge on any atom is -0.480 e. The second-order valence-electron chi connectivity index (χ2n) is 5.42. The van der Waals surface area contributed by atoms with Gasteiger partial charge >= 0.3 is 12.1 Å². The van der Waals surface area contributed by atoms with E-state index in [1.54, 1.807) is 45.0 Å². The van der Waals surface area contributed by atoms with Gasteiger partial charge in [-0.15, -0.1) is 0 Å². The third kappa shape index (κ3) is 5.27. The molecule has 1 aromatic carbocycles. The van der Waals surface area contributed by atoms with Crippen molar-refractivity contribution in [2.24, 2.45) is 5.73 Å². The highest BCUT2D eigenvalue weighted by atomic mass is 16.6. The van der Waals surface area contributed by atoms with Crippen molar-refractivity contribution in [2.45, 2.75) is 39.0 Å². The minimum atomic E-state index is -1.10. The number of nitrogens with two attached hydrogens (primary N) is 1.